The molecule has 2 aliphatic rings. The Bertz CT molecular complexity index is 217. The SMILES string of the molecule is CCN(CC1CC1)CC1(C=O)CCCC1. The number of rotatable bonds is 6. The second-order valence-corrected chi connectivity index (χ2v) is 5.46. The topological polar surface area (TPSA) is 20.3 Å². The maximum atomic E-state index is 11.3. The summed E-state index contributed by atoms with van der Waals surface area (Å²) in [6.07, 6.45) is 8.81. The summed E-state index contributed by atoms with van der Waals surface area (Å²) in [6.45, 7) is 5.57. The molecule has 0 bridgehead atoms. The normalized spacial score (nSPS) is 24.7. The van der Waals surface area contributed by atoms with Gasteiger partial charge in [0.15, 0.2) is 0 Å². The molecule has 2 aliphatic carbocycles. The van der Waals surface area contributed by atoms with Gasteiger partial charge in [0.2, 0.25) is 0 Å². The maximum Gasteiger partial charge on any atom is 0.127 e. The number of aldehydes is 1. The van der Waals surface area contributed by atoms with E-state index in [-0.39, 0.29) is 5.41 Å². The van der Waals surface area contributed by atoms with Gasteiger partial charge in [0.25, 0.3) is 0 Å². The quantitative estimate of drug-likeness (QED) is 0.626. The van der Waals surface area contributed by atoms with Crippen molar-refractivity contribution < 1.29 is 4.79 Å². The van der Waals surface area contributed by atoms with E-state index < -0.39 is 0 Å². The summed E-state index contributed by atoms with van der Waals surface area (Å²) < 4.78 is 0. The molecule has 0 heterocycles. The van der Waals surface area contributed by atoms with E-state index >= 15 is 0 Å². The van der Waals surface area contributed by atoms with Crippen LogP contribution in [0.15, 0.2) is 0 Å². The zero-order valence-electron chi connectivity index (χ0n) is 9.87. The lowest BCUT2D eigenvalue weighted by atomic mass is 9.87. The molecule has 0 N–H and O–H groups in total. The third-order valence-electron chi connectivity index (χ3n) is 4.05. The molecular formula is C13H23NO. The first-order valence-corrected chi connectivity index (χ1v) is 6.47. The monoisotopic (exact) mass is 209 g/mol. The van der Waals surface area contributed by atoms with Crippen molar-refractivity contribution in [1.29, 1.82) is 0 Å². The largest absolute Gasteiger partial charge is 0.303 e. The van der Waals surface area contributed by atoms with E-state index in [2.05, 4.69) is 11.8 Å². The van der Waals surface area contributed by atoms with Crippen molar-refractivity contribution in [2.24, 2.45) is 11.3 Å². The molecule has 2 rings (SSSR count). The van der Waals surface area contributed by atoms with Gasteiger partial charge in [-0.05, 0) is 38.1 Å². The van der Waals surface area contributed by atoms with E-state index in [9.17, 15) is 4.79 Å². The highest BCUT2D eigenvalue weighted by atomic mass is 16.1. The van der Waals surface area contributed by atoms with Crippen molar-refractivity contribution in [2.75, 3.05) is 19.6 Å². The number of hydrogen-bond donors (Lipinski definition) is 0. The number of nitrogens with zero attached hydrogens (tertiary/aromatic N) is 1. The molecule has 2 fully saturated rings. The van der Waals surface area contributed by atoms with E-state index in [0.29, 0.717) is 0 Å². The maximum absolute atomic E-state index is 11.3. The van der Waals surface area contributed by atoms with Crippen LogP contribution in [0.3, 0.4) is 0 Å². The summed E-state index contributed by atoms with van der Waals surface area (Å²) in [7, 11) is 0. The molecule has 2 heteroatoms. The average molecular weight is 209 g/mol. The number of carbonyl (C=O) groups excluding carboxylic acids is 1. The zero-order valence-corrected chi connectivity index (χ0v) is 9.87. The predicted octanol–water partition coefficient (Wildman–Crippen LogP) is 2.48. The Morgan fingerprint density at radius 2 is 2.00 bits per heavy atom. The van der Waals surface area contributed by atoms with Crippen molar-refractivity contribution in [2.45, 2.75) is 45.4 Å². The molecule has 0 atom stereocenters. The fourth-order valence-electron chi connectivity index (χ4n) is 2.81. The molecule has 0 radical (unpaired) electrons. The molecule has 15 heavy (non-hydrogen) atoms. The molecule has 0 unspecified atom stereocenters. The second-order valence-electron chi connectivity index (χ2n) is 5.46. The lowest BCUT2D eigenvalue weighted by Gasteiger charge is -2.30. The molecular weight excluding hydrogens is 186 g/mol. The van der Waals surface area contributed by atoms with E-state index in [4.69, 9.17) is 0 Å². The summed E-state index contributed by atoms with van der Waals surface area (Å²) in [6, 6.07) is 0. The van der Waals surface area contributed by atoms with Crippen LogP contribution in [0.25, 0.3) is 0 Å². The third-order valence-corrected chi connectivity index (χ3v) is 4.05. The third kappa shape index (κ3) is 2.81. The minimum Gasteiger partial charge on any atom is -0.303 e. The van der Waals surface area contributed by atoms with Crippen LogP contribution in [-0.4, -0.2) is 30.8 Å². The van der Waals surface area contributed by atoms with Gasteiger partial charge in [0.1, 0.15) is 6.29 Å². The molecule has 0 aromatic heterocycles. The highest BCUT2D eigenvalue weighted by Crippen LogP contribution is 2.38. The molecule has 0 aliphatic heterocycles. The van der Waals surface area contributed by atoms with E-state index in [1.54, 1.807) is 0 Å². The van der Waals surface area contributed by atoms with Crippen LogP contribution in [0.5, 0.6) is 0 Å². The van der Waals surface area contributed by atoms with E-state index in [1.165, 1.54) is 38.5 Å². The van der Waals surface area contributed by atoms with Gasteiger partial charge in [0, 0.05) is 18.5 Å². The molecule has 0 amide bonds. The lowest BCUT2D eigenvalue weighted by molar-refractivity contribution is -0.117. The summed E-state index contributed by atoms with van der Waals surface area (Å²) in [5.41, 5.74) is 0.0188. The Morgan fingerprint density at radius 1 is 1.33 bits per heavy atom. The standard InChI is InChI=1S/C13H23NO/c1-2-14(9-12-5-6-12)10-13(11-15)7-3-4-8-13/h11-12H,2-10H2,1H3. The van der Waals surface area contributed by atoms with Crippen LogP contribution in [0.1, 0.15) is 45.4 Å². The van der Waals surface area contributed by atoms with Crippen LogP contribution in [0, 0.1) is 11.3 Å². The van der Waals surface area contributed by atoms with Gasteiger partial charge < -0.3 is 9.69 Å². The molecule has 86 valence electrons. The van der Waals surface area contributed by atoms with Gasteiger partial charge in [-0.15, -0.1) is 0 Å². The Morgan fingerprint density at radius 3 is 2.47 bits per heavy atom. The molecule has 0 aromatic rings. The van der Waals surface area contributed by atoms with Crippen LogP contribution in [0.4, 0.5) is 0 Å². The van der Waals surface area contributed by atoms with Crippen LogP contribution in [-0.2, 0) is 4.79 Å². The first-order chi connectivity index (χ1) is 7.28. The molecule has 0 saturated heterocycles. The first kappa shape index (κ1) is 11.1. The molecule has 0 spiro atoms. The van der Waals surface area contributed by atoms with Crippen molar-refractivity contribution in [3.05, 3.63) is 0 Å². The molecule has 2 nitrogen and oxygen atoms in total. The highest BCUT2D eigenvalue weighted by molar-refractivity contribution is 5.60. The van der Waals surface area contributed by atoms with Gasteiger partial charge in [-0.2, -0.15) is 0 Å². The van der Waals surface area contributed by atoms with E-state index in [0.717, 1.165) is 31.8 Å². The second kappa shape index (κ2) is 4.65. The summed E-state index contributed by atoms with van der Waals surface area (Å²) in [5.74, 6) is 0.940. The smallest absolute Gasteiger partial charge is 0.127 e. The van der Waals surface area contributed by atoms with Crippen LogP contribution < -0.4 is 0 Å². The van der Waals surface area contributed by atoms with Crippen molar-refractivity contribution >= 4 is 6.29 Å². The van der Waals surface area contributed by atoms with E-state index in [1.807, 2.05) is 0 Å². The zero-order chi connectivity index (χ0) is 10.7. The molecule has 2 saturated carbocycles. The fraction of sp³-hybridized carbons (Fsp3) is 0.923. The fourth-order valence-corrected chi connectivity index (χ4v) is 2.81. The lowest BCUT2D eigenvalue weighted by Crippen LogP contribution is -2.38. The van der Waals surface area contributed by atoms with Gasteiger partial charge in [-0.25, -0.2) is 0 Å². The Balaban J connectivity index is 1.87. The van der Waals surface area contributed by atoms with Crippen molar-refractivity contribution in [3.63, 3.8) is 0 Å². The first-order valence-electron chi connectivity index (χ1n) is 6.47. The summed E-state index contributed by atoms with van der Waals surface area (Å²) in [5, 5.41) is 0. The van der Waals surface area contributed by atoms with Crippen molar-refractivity contribution in [3.8, 4) is 0 Å². The summed E-state index contributed by atoms with van der Waals surface area (Å²) >= 11 is 0. The Kier molecular flexibility index (Phi) is 3.45. The van der Waals surface area contributed by atoms with Gasteiger partial charge in [-0.1, -0.05) is 19.8 Å². The van der Waals surface area contributed by atoms with Gasteiger partial charge in [0.05, 0.1) is 0 Å². The minimum absolute atomic E-state index is 0.0188. The van der Waals surface area contributed by atoms with Crippen LogP contribution >= 0.6 is 0 Å². The number of carbonyl (C=O) groups is 1. The Labute approximate surface area is 93.0 Å². The van der Waals surface area contributed by atoms with Gasteiger partial charge >= 0.3 is 0 Å². The van der Waals surface area contributed by atoms with Gasteiger partial charge in [-0.3, -0.25) is 0 Å². The average Bonchev–Trinajstić information content (AvgIpc) is 2.95. The highest BCUT2D eigenvalue weighted by Gasteiger charge is 2.36. The Hall–Kier alpha value is -0.370. The minimum atomic E-state index is 0.0188. The molecule has 0 aromatic carbocycles. The number of hydrogen-bond acceptors (Lipinski definition) is 2. The van der Waals surface area contributed by atoms with Crippen molar-refractivity contribution in [1.82, 2.24) is 4.90 Å². The predicted molar refractivity (Wildman–Crippen MR) is 61.8 cm³/mol. The van der Waals surface area contributed by atoms with Crippen LogP contribution in [0.2, 0.25) is 0 Å². The summed E-state index contributed by atoms with van der Waals surface area (Å²) in [4.78, 5) is 13.8.